The van der Waals surface area contributed by atoms with Crippen molar-refractivity contribution in [3.8, 4) is 0 Å². The maximum absolute atomic E-state index is 11.4. The molecule has 1 aliphatic carbocycles. The second kappa shape index (κ2) is 8.06. The number of hydrogen-bond donors (Lipinski definition) is 1. The first-order valence-electron chi connectivity index (χ1n) is 7.90. The summed E-state index contributed by atoms with van der Waals surface area (Å²) in [6.07, 6.45) is 7.83. The van der Waals surface area contributed by atoms with E-state index < -0.39 is 10.8 Å². The Labute approximate surface area is 130 Å². The molecule has 2 rings (SSSR count). The summed E-state index contributed by atoms with van der Waals surface area (Å²) in [6.45, 7) is 3.46. The number of rotatable bonds is 6. The van der Waals surface area contributed by atoms with Gasteiger partial charge >= 0.3 is 0 Å². The minimum absolute atomic E-state index is 0.297. The molecule has 21 heavy (non-hydrogen) atoms. The number of aliphatic hydroxyl groups excluding tert-OH is 1. The summed E-state index contributed by atoms with van der Waals surface area (Å²) in [5, 5.41) is 9.77. The summed E-state index contributed by atoms with van der Waals surface area (Å²) in [4.78, 5) is 3.29. The first-order chi connectivity index (χ1) is 10.1. The van der Waals surface area contributed by atoms with Crippen LogP contribution in [0, 0.1) is 0 Å². The SMILES string of the molecule is CC(O)CN(Cc1ccc(S(C)=O)cc1)C1CCCCC1. The van der Waals surface area contributed by atoms with Gasteiger partial charge in [0.25, 0.3) is 0 Å². The van der Waals surface area contributed by atoms with Gasteiger partial charge in [-0.1, -0.05) is 31.4 Å². The van der Waals surface area contributed by atoms with Gasteiger partial charge in [0.1, 0.15) is 0 Å². The molecule has 1 aliphatic rings. The molecule has 0 heterocycles. The van der Waals surface area contributed by atoms with Crippen LogP contribution in [0.2, 0.25) is 0 Å². The van der Waals surface area contributed by atoms with Gasteiger partial charge in [0.15, 0.2) is 0 Å². The molecule has 2 unspecified atom stereocenters. The summed E-state index contributed by atoms with van der Waals surface area (Å²) in [7, 11) is -0.917. The van der Waals surface area contributed by atoms with E-state index in [0.717, 1.165) is 18.0 Å². The second-order valence-electron chi connectivity index (χ2n) is 6.17. The average Bonchev–Trinajstić information content (AvgIpc) is 2.47. The topological polar surface area (TPSA) is 40.5 Å². The Bertz CT molecular complexity index is 452. The van der Waals surface area contributed by atoms with Crippen LogP contribution in [0.4, 0.5) is 0 Å². The van der Waals surface area contributed by atoms with Crippen molar-refractivity contribution in [2.24, 2.45) is 0 Å². The zero-order chi connectivity index (χ0) is 15.2. The molecule has 1 fully saturated rings. The van der Waals surface area contributed by atoms with Gasteiger partial charge < -0.3 is 5.11 Å². The highest BCUT2D eigenvalue weighted by molar-refractivity contribution is 7.84. The van der Waals surface area contributed by atoms with Gasteiger partial charge in [-0.05, 0) is 37.5 Å². The van der Waals surface area contributed by atoms with E-state index in [1.807, 2.05) is 19.1 Å². The Morgan fingerprint density at radius 3 is 2.38 bits per heavy atom. The van der Waals surface area contributed by atoms with Gasteiger partial charge in [0.2, 0.25) is 0 Å². The van der Waals surface area contributed by atoms with Crippen molar-refractivity contribution < 1.29 is 9.32 Å². The molecule has 1 aromatic carbocycles. The van der Waals surface area contributed by atoms with E-state index in [1.165, 1.54) is 37.7 Å². The minimum Gasteiger partial charge on any atom is -0.392 e. The van der Waals surface area contributed by atoms with Crippen molar-refractivity contribution in [2.75, 3.05) is 12.8 Å². The van der Waals surface area contributed by atoms with Crippen LogP contribution < -0.4 is 0 Å². The van der Waals surface area contributed by atoms with Crippen LogP contribution in [0.15, 0.2) is 29.2 Å². The lowest BCUT2D eigenvalue weighted by Gasteiger charge is -2.35. The zero-order valence-corrected chi connectivity index (χ0v) is 13.9. The second-order valence-corrected chi connectivity index (χ2v) is 7.55. The Morgan fingerprint density at radius 1 is 1.24 bits per heavy atom. The maximum atomic E-state index is 11.4. The normalized spacial score (nSPS) is 19.6. The van der Waals surface area contributed by atoms with Crippen LogP contribution in [0.1, 0.15) is 44.6 Å². The van der Waals surface area contributed by atoms with Crippen molar-refractivity contribution in [3.63, 3.8) is 0 Å². The lowest BCUT2D eigenvalue weighted by Crippen LogP contribution is -2.40. The van der Waals surface area contributed by atoms with Crippen LogP contribution in [0.5, 0.6) is 0 Å². The van der Waals surface area contributed by atoms with Crippen LogP contribution in [-0.2, 0) is 17.3 Å². The molecular weight excluding hydrogens is 282 g/mol. The third-order valence-electron chi connectivity index (χ3n) is 4.23. The monoisotopic (exact) mass is 309 g/mol. The van der Waals surface area contributed by atoms with E-state index in [4.69, 9.17) is 0 Å². The quantitative estimate of drug-likeness (QED) is 0.878. The number of aliphatic hydroxyl groups is 1. The number of hydrogen-bond acceptors (Lipinski definition) is 3. The molecule has 4 heteroatoms. The van der Waals surface area contributed by atoms with Gasteiger partial charge in [-0.25, -0.2) is 0 Å². The summed E-state index contributed by atoms with van der Waals surface area (Å²) in [6, 6.07) is 8.62. The molecular formula is C17H27NO2S. The van der Waals surface area contributed by atoms with E-state index in [-0.39, 0.29) is 6.10 Å². The third kappa shape index (κ3) is 5.20. The van der Waals surface area contributed by atoms with Gasteiger partial charge in [-0.15, -0.1) is 0 Å². The molecule has 3 nitrogen and oxygen atoms in total. The molecule has 0 amide bonds. The molecule has 1 aromatic rings. The molecule has 0 bridgehead atoms. The summed E-state index contributed by atoms with van der Waals surface area (Å²) < 4.78 is 11.4. The molecule has 0 saturated heterocycles. The van der Waals surface area contributed by atoms with Gasteiger partial charge in [-0.3, -0.25) is 9.11 Å². The summed E-state index contributed by atoms with van der Waals surface area (Å²) in [5.74, 6) is 0. The fourth-order valence-electron chi connectivity index (χ4n) is 3.15. The smallest absolute Gasteiger partial charge is 0.0639 e. The van der Waals surface area contributed by atoms with Crippen molar-refractivity contribution in [1.82, 2.24) is 4.90 Å². The lowest BCUT2D eigenvalue weighted by molar-refractivity contribution is 0.0769. The van der Waals surface area contributed by atoms with E-state index in [1.54, 1.807) is 6.26 Å². The van der Waals surface area contributed by atoms with E-state index in [2.05, 4.69) is 17.0 Å². The third-order valence-corrected chi connectivity index (χ3v) is 5.17. The predicted molar refractivity (Wildman–Crippen MR) is 87.7 cm³/mol. The Morgan fingerprint density at radius 2 is 1.86 bits per heavy atom. The van der Waals surface area contributed by atoms with Crippen molar-refractivity contribution in [1.29, 1.82) is 0 Å². The Kier molecular flexibility index (Phi) is 6.40. The number of nitrogens with zero attached hydrogens (tertiary/aromatic N) is 1. The highest BCUT2D eigenvalue weighted by Gasteiger charge is 2.22. The van der Waals surface area contributed by atoms with E-state index >= 15 is 0 Å². The highest BCUT2D eigenvalue weighted by atomic mass is 32.2. The molecule has 0 radical (unpaired) electrons. The van der Waals surface area contributed by atoms with Crippen LogP contribution >= 0.6 is 0 Å². The Hall–Kier alpha value is -0.710. The molecule has 0 aromatic heterocycles. The predicted octanol–water partition coefficient (Wildman–Crippen LogP) is 2.94. The van der Waals surface area contributed by atoms with Crippen LogP contribution in [-0.4, -0.2) is 39.2 Å². The highest BCUT2D eigenvalue weighted by Crippen LogP contribution is 2.24. The largest absolute Gasteiger partial charge is 0.392 e. The summed E-state index contributed by atoms with van der Waals surface area (Å²) in [5.41, 5.74) is 1.23. The Balaban J connectivity index is 2.04. The fourth-order valence-corrected chi connectivity index (χ4v) is 3.67. The molecule has 0 aliphatic heterocycles. The van der Waals surface area contributed by atoms with Gasteiger partial charge in [-0.2, -0.15) is 0 Å². The first kappa shape index (κ1) is 16.7. The van der Waals surface area contributed by atoms with E-state index in [0.29, 0.717) is 6.04 Å². The average molecular weight is 309 g/mol. The zero-order valence-electron chi connectivity index (χ0n) is 13.1. The standard InChI is InChI=1S/C17H27NO2S/c1-14(19)12-18(16-6-4-3-5-7-16)13-15-8-10-17(11-9-15)21(2)20/h8-11,14,16,19H,3-7,12-13H2,1-2H3. The van der Waals surface area contributed by atoms with Crippen molar-refractivity contribution in [3.05, 3.63) is 29.8 Å². The maximum Gasteiger partial charge on any atom is 0.0639 e. The van der Waals surface area contributed by atoms with Crippen molar-refractivity contribution in [2.45, 2.75) is 62.6 Å². The molecule has 118 valence electrons. The van der Waals surface area contributed by atoms with E-state index in [9.17, 15) is 9.32 Å². The molecule has 1 saturated carbocycles. The molecule has 1 N–H and O–H groups in total. The van der Waals surface area contributed by atoms with Gasteiger partial charge in [0.05, 0.1) is 6.10 Å². The first-order valence-corrected chi connectivity index (χ1v) is 9.46. The van der Waals surface area contributed by atoms with Crippen LogP contribution in [0.25, 0.3) is 0 Å². The summed E-state index contributed by atoms with van der Waals surface area (Å²) >= 11 is 0. The van der Waals surface area contributed by atoms with Crippen molar-refractivity contribution >= 4 is 10.8 Å². The van der Waals surface area contributed by atoms with Crippen LogP contribution in [0.3, 0.4) is 0 Å². The molecule has 0 spiro atoms. The number of benzene rings is 1. The van der Waals surface area contributed by atoms with Gasteiger partial charge in [0, 0.05) is 41.1 Å². The molecule has 2 atom stereocenters. The minimum atomic E-state index is -0.917. The lowest BCUT2D eigenvalue weighted by atomic mass is 9.93. The fraction of sp³-hybridized carbons (Fsp3) is 0.647.